The van der Waals surface area contributed by atoms with Crippen LogP contribution in [0, 0.1) is 17.3 Å². The van der Waals surface area contributed by atoms with Crippen LogP contribution in [0.25, 0.3) is 0 Å². The lowest BCUT2D eigenvalue weighted by Crippen LogP contribution is -2.61. The zero-order valence-electron chi connectivity index (χ0n) is 10.2. The van der Waals surface area contributed by atoms with Crippen LogP contribution in [0.2, 0.25) is 0 Å². The molecule has 2 fully saturated rings. The Morgan fingerprint density at radius 1 is 1.33 bits per heavy atom. The average Bonchev–Trinajstić information content (AvgIpc) is 1.97. The van der Waals surface area contributed by atoms with E-state index in [1.54, 1.807) is 0 Å². The van der Waals surface area contributed by atoms with Gasteiger partial charge in [-0.05, 0) is 18.8 Å². The van der Waals surface area contributed by atoms with Crippen LogP contribution in [0.5, 0.6) is 0 Å². The number of hydrogen-bond donors (Lipinski definition) is 1. The normalized spacial score (nSPS) is 37.6. The van der Waals surface area contributed by atoms with Gasteiger partial charge in [0, 0.05) is 31.1 Å². The summed E-state index contributed by atoms with van der Waals surface area (Å²) >= 11 is 0. The van der Waals surface area contributed by atoms with Crippen molar-refractivity contribution in [1.29, 1.82) is 0 Å². The van der Waals surface area contributed by atoms with Crippen LogP contribution in [0.15, 0.2) is 0 Å². The van der Waals surface area contributed by atoms with Crippen LogP contribution in [-0.4, -0.2) is 43.8 Å². The molecule has 2 aliphatic rings. The maximum atomic E-state index is 5.86. The molecule has 2 rings (SSSR count). The second-order valence-corrected chi connectivity index (χ2v) is 5.72. The topological polar surface area (TPSA) is 38.5 Å². The number of nitrogens with zero attached hydrogens (tertiary/aromatic N) is 1. The van der Waals surface area contributed by atoms with E-state index < -0.39 is 0 Å². The van der Waals surface area contributed by atoms with Gasteiger partial charge in [0.2, 0.25) is 0 Å². The second-order valence-electron chi connectivity index (χ2n) is 5.72. The molecule has 0 aromatic heterocycles. The summed E-state index contributed by atoms with van der Waals surface area (Å²) < 4.78 is 5.43. The second kappa shape index (κ2) is 4.04. The molecule has 2 heterocycles. The van der Waals surface area contributed by atoms with Gasteiger partial charge in [-0.2, -0.15) is 0 Å². The highest BCUT2D eigenvalue weighted by atomic mass is 16.5. The van der Waals surface area contributed by atoms with Crippen LogP contribution in [0.4, 0.5) is 0 Å². The quantitative estimate of drug-likeness (QED) is 0.740. The SMILES string of the molecule is CC(N)CN1CC(C)C2(COC2)C(C)C1. The van der Waals surface area contributed by atoms with Gasteiger partial charge in [-0.25, -0.2) is 0 Å². The highest BCUT2D eigenvalue weighted by Gasteiger charge is 2.50. The summed E-state index contributed by atoms with van der Waals surface area (Å²) in [5.41, 5.74) is 6.34. The van der Waals surface area contributed by atoms with Crippen molar-refractivity contribution in [2.24, 2.45) is 23.0 Å². The van der Waals surface area contributed by atoms with Crippen molar-refractivity contribution in [3.8, 4) is 0 Å². The Bertz CT molecular complexity index is 212. The molecule has 2 N–H and O–H groups in total. The largest absolute Gasteiger partial charge is 0.380 e. The summed E-state index contributed by atoms with van der Waals surface area (Å²) in [6.07, 6.45) is 0. The van der Waals surface area contributed by atoms with Gasteiger partial charge in [0.25, 0.3) is 0 Å². The molecule has 3 nitrogen and oxygen atoms in total. The van der Waals surface area contributed by atoms with Gasteiger partial charge in [-0.15, -0.1) is 0 Å². The van der Waals surface area contributed by atoms with Gasteiger partial charge in [-0.1, -0.05) is 13.8 Å². The molecule has 3 atom stereocenters. The van der Waals surface area contributed by atoms with Crippen molar-refractivity contribution < 1.29 is 4.74 Å². The molecule has 1 spiro atoms. The summed E-state index contributed by atoms with van der Waals surface area (Å²) in [6.45, 7) is 12.2. The minimum atomic E-state index is 0.288. The lowest BCUT2D eigenvalue weighted by molar-refractivity contribution is -0.195. The summed E-state index contributed by atoms with van der Waals surface area (Å²) in [7, 11) is 0. The molecule has 0 aromatic rings. The van der Waals surface area contributed by atoms with Gasteiger partial charge in [0.15, 0.2) is 0 Å². The smallest absolute Gasteiger partial charge is 0.0550 e. The van der Waals surface area contributed by atoms with Crippen molar-refractivity contribution in [3.05, 3.63) is 0 Å². The molecular formula is C12H24N2O. The van der Waals surface area contributed by atoms with Crippen LogP contribution in [0.3, 0.4) is 0 Å². The molecule has 0 saturated carbocycles. The minimum absolute atomic E-state index is 0.288. The van der Waals surface area contributed by atoms with Crippen LogP contribution in [0.1, 0.15) is 20.8 Å². The Morgan fingerprint density at radius 3 is 2.20 bits per heavy atom. The van der Waals surface area contributed by atoms with E-state index in [2.05, 4.69) is 25.7 Å². The molecule has 15 heavy (non-hydrogen) atoms. The van der Waals surface area contributed by atoms with E-state index >= 15 is 0 Å². The van der Waals surface area contributed by atoms with Gasteiger partial charge in [0.05, 0.1) is 13.2 Å². The molecule has 2 aliphatic heterocycles. The Hall–Kier alpha value is -0.120. The van der Waals surface area contributed by atoms with E-state index in [0.717, 1.165) is 31.6 Å². The molecule has 88 valence electrons. The Labute approximate surface area is 93.0 Å². The van der Waals surface area contributed by atoms with E-state index in [4.69, 9.17) is 10.5 Å². The molecule has 0 amide bonds. The molecule has 2 saturated heterocycles. The first-order chi connectivity index (χ1) is 7.04. The fraction of sp³-hybridized carbons (Fsp3) is 1.00. The molecule has 0 radical (unpaired) electrons. The van der Waals surface area contributed by atoms with E-state index in [-0.39, 0.29) is 6.04 Å². The van der Waals surface area contributed by atoms with Crippen molar-refractivity contribution in [2.45, 2.75) is 26.8 Å². The number of rotatable bonds is 2. The molecule has 0 bridgehead atoms. The van der Waals surface area contributed by atoms with Crippen molar-refractivity contribution in [3.63, 3.8) is 0 Å². The molecule has 0 aromatic carbocycles. The standard InChI is InChI=1S/C12H24N2O/c1-9-4-14(6-11(3)13)5-10(2)12(9)7-15-8-12/h9-11H,4-8,13H2,1-3H3. The number of likely N-dealkylation sites (tertiary alicyclic amines) is 1. The third-order valence-electron chi connectivity index (χ3n) is 4.31. The van der Waals surface area contributed by atoms with E-state index in [1.165, 1.54) is 13.1 Å². The third kappa shape index (κ3) is 1.93. The summed E-state index contributed by atoms with van der Waals surface area (Å²) in [5.74, 6) is 1.49. The number of ether oxygens (including phenoxy) is 1. The third-order valence-corrected chi connectivity index (χ3v) is 4.31. The van der Waals surface area contributed by atoms with Crippen LogP contribution in [-0.2, 0) is 4.74 Å². The van der Waals surface area contributed by atoms with E-state index in [1.807, 2.05) is 0 Å². The number of piperidine rings is 1. The summed E-state index contributed by atoms with van der Waals surface area (Å²) in [4.78, 5) is 2.52. The van der Waals surface area contributed by atoms with Crippen molar-refractivity contribution >= 4 is 0 Å². The number of nitrogens with two attached hydrogens (primary N) is 1. The maximum absolute atomic E-state index is 5.86. The Balaban J connectivity index is 1.97. The highest BCUT2D eigenvalue weighted by molar-refractivity contribution is 4.99. The summed E-state index contributed by atoms with van der Waals surface area (Å²) in [6, 6.07) is 0.288. The lowest BCUT2D eigenvalue weighted by Gasteiger charge is -2.55. The summed E-state index contributed by atoms with van der Waals surface area (Å²) in [5, 5.41) is 0. The van der Waals surface area contributed by atoms with E-state index in [9.17, 15) is 0 Å². The number of hydrogen-bond acceptors (Lipinski definition) is 3. The first-order valence-corrected chi connectivity index (χ1v) is 6.10. The van der Waals surface area contributed by atoms with Gasteiger partial charge in [0.1, 0.15) is 0 Å². The molecule has 0 aliphatic carbocycles. The predicted octanol–water partition coefficient (Wildman–Crippen LogP) is 0.938. The predicted molar refractivity (Wildman–Crippen MR) is 61.7 cm³/mol. The maximum Gasteiger partial charge on any atom is 0.0550 e. The first-order valence-electron chi connectivity index (χ1n) is 6.10. The molecule has 3 unspecified atom stereocenters. The van der Waals surface area contributed by atoms with Crippen molar-refractivity contribution in [2.75, 3.05) is 32.8 Å². The fourth-order valence-electron chi connectivity index (χ4n) is 3.16. The average molecular weight is 212 g/mol. The Morgan fingerprint density at radius 2 is 1.87 bits per heavy atom. The Kier molecular flexibility index (Phi) is 3.06. The zero-order valence-corrected chi connectivity index (χ0v) is 10.2. The lowest BCUT2D eigenvalue weighted by atomic mass is 9.63. The molecule has 3 heteroatoms. The highest BCUT2D eigenvalue weighted by Crippen LogP contribution is 2.46. The molecular weight excluding hydrogens is 188 g/mol. The van der Waals surface area contributed by atoms with Crippen LogP contribution >= 0.6 is 0 Å². The van der Waals surface area contributed by atoms with Crippen LogP contribution < -0.4 is 5.73 Å². The van der Waals surface area contributed by atoms with E-state index in [0.29, 0.717) is 5.41 Å². The zero-order chi connectivity index (χ0) is 11.1. The van der Waals surface area contributed by atoms with Crippen molar-refractivity contribution in [1.82, 2.24) is 4.90 Å². The first kappa shape index (κ1) is 11.4. The van der Waals surface area contributed by atoms with Gasteiger partial charge in [-0.3, -0.25) is 0 Å². The fourth-order valence-corrected chi connectivity index (χ4v) is 3.16. The van der Waals surface area contributed by atoms with Gasteiger partial charge >= 0.3 is 0 Å². The minimum Gasteiger partial charge on any atom is -0.380 e. The van der Waals surface area contributed by atoms with Gasteiger partial charge < -0.3 is 15.4 Å². The monoisotopic (exact) mass is 212 g/mol.